The van der Waals surface area contributed by atoms with Crippen LogP contribution in [0.15, 0.2) is 6.07 Å². The Morgan fingerprint density at radius 2 is 2.18 bits per heavy atom. The van der Waals surface area contributed by atoms with Gasteiger partial charge in [0.25, 0.3) is 0 Å². The van der Waals surface area contributed by atoms with E-state index < -0.39 is 0 Å². The first kappa shape index (κ1) is 10.8. The summed E-state index contributed by atoms with van der Waals surface area (Å²) in [6, 6.07) is 2.40. The molecule has 90 valence electrons. The van der Waals surface area contributed by atoms with Crippen molar-refractivity contribution < 1.29 is 0 Å². The number of benzene rings is 1. The first-order valence-electron chi connectivity index (χ1n) is 6.54. The SMILES string of the molecule is CCCc1cc(C2CC2)c2c(nnn2C)c1C. The number of aromatic nitrogens is 3. The molecule has 1 heterocycles. The quantitative estimate of drug-likeness (QED) is 0.809. The van der Waals surface area contributed by atoms with Crippen molar-refractivity contribution in [1.82, 2.24) is 15.0 Å². The fraction of sp³-hybridized carbons (Fsp3) is 0.571. The van der Waals surface area contributed by atoms with E-state index in [9.17, 15) is 0 Å². The molecule has 0 unspecified atom stereocenters. The number of fused-ring (bicyclic) bond motifs is 1. The molecule has 1 aromatic heterocycles. The Morgan fingerprint density at radius 1 is 1.41 bits per heavy atom. The summed E-state index contributed by atoms with van der Waals surface area (Å²) >= 11 is 0. The molecule has 0 aliphatic heterocycles. The fourth-order valence-corrected chi connectivity index (χ4v) is 2.68. The number of hydrogen-bond acceptors (Lipinski definition) is 2. The highest BCUT2D eigenvalue weighted by atomic mass is 15.4. The molecule has 0 spiro atoms. The third-order valence-corrected chi connectivity index (χ3v) is 3.80. The standard InChI is InChI=1S/C14H19N3/c1-4-5-11-8-12(10-6-7-10)14-13(9(11)2)15-16-17(14)3/h8,10H,4-7H2,1-3H3. The van der Waals surface area contributed by atoms with Crippen LogP contribution in [-0.4, -0.2) is 15.0 Å². The van der Waals surface area contributed by atoms with Gasteiger partial charge in [0.1, 0.15) is 5.52 Å². The van der Waals surface area contributed by atoms with Crippen molar-refractivity contribution in [2.75, 3.05) is 0 Å². The van der Waals surface area contributed by atoms with Crippen molar-refractivity contribution >= 4 is 11.0 Å². The van der Waals surface area contributed by atoms with Crippen molar-refractivity contribution in [3.63, 3.8) is 0 Å². The molecule has 0 radical (unpaired) electrons. The average molecular weight is 229 g/mol. The minimum atomic E-state index is 0.755. The minimum Gasteiger partial charge on any atom is -0.247 e. The van der Waals surface area contributed by atoms with E-state index in [1.807, 2.05) is 11.7 Å². The van der Waals surface area contributed by atoms with Gasteiger partial charge in [-0.1, -0.05) is 24.6 Å². The molecule has 1 aromatic carbocycles. The lowest BCUT2D eigenvalue weighted by molar-refractivity contribution is 0.733. The molecule has 1 aliphatic rings. The van der Waals surface area contributed by atoms with Gasteiger partial charge in [0, 0.05) is 7.05 Å². The molecular weight excluding hydrogens is 210 g/mol. The lowest BCUT2D eigenvalue weighted by Gasteiger charge is -2.10. The number of aryl methyl sites for hydroxylation is 3. The lowest BCUT2D eigenvalue weighted by Crippen LogP contribution is -1.98. The van der Waals surface area contributed by atoms with Gasteiger partial charge in [-0.2, -0.15) is 0 Å². The van der Waals surface area contributed by atoms with Gasteiger partial charge in [0.2, 0.25) is 0 Å². The maximum absolute atomic E-state index is 4.34. The monoisotopic (exact) mass is 229 g/mol. The van der Waals surface area contributed by atoms with Gasteiger partial charge in [-0.05, 0) is 48.8 Å². The predicted molar refractivity (Wildman–Crippen MR) is 69.2 cm³/mol. The summed E-state index contributed by atoms with van der Waals surface area (Å²) < 4.78 is 1.94. The van der Waals surface area contributed by atoms with Crippen LogP contribution in [-0.2, 0) is 13.5 Å². The number of nitrogens with zero attached hydrogens (tertiary/aromatic N) is 3. The van der Waals surface area contributed by atoms with E-state index in [4.69, 9.17) is 0 Å². The Morgan fingerprint density at radius 3 is 2.82 bits per heavy atom. The molecule has 3 heteroatoms. The zero-order valence-electron chi connectivity index (χ0n) is 10.8. The summed E-state index contributed by atoms with van der Waals surface area (Å²) in [6.45, 7) is 4.41. The summed E-state index contributed by atoms with van der Waals surface area (Å²) in [5, 5.41) is 8.54. The topological polar surface area (TPSA) is 30.7 Å². The van der Waals surface area contributed by atoms with Crippen molar-refractivity contribution in [2.45, 2.75) is 45.4 Å². The smallest absolute Gasteiger partial charge is 0.116 e. The molecule has 0 saturated heterocycles. The highest BCUT2D eigenvalue weighted by molar-refractivity contribution is 5.83. The van der Waals surface area contributed by atoms with Crippen LogP contribution in [0.25, 0.3) is 11.0 Å². The van der Waals surface area contributed by atoms with Gasteiger partial charge in [-0.25, -0.2) is 4.68 Å². The molecule has 0 bridgehead atoms. The van der Waals surface area contributed by atoms with E-state index in [1.54, 1.807) is 0 Å². The highest BCUT2D eigenvalue weighted by Crippen LogP contribution is 2.44. The maximum Gasteiger partial charge on any atom is 0.116 e. The Balaban J connectivity index is 2.28. The van der Waals surface area contributed by atoms with Gasteiger partial charge in [-0.15, -0.1) is 5.10 Å². The predicted octanol–water partition coefficient (Wildman–Crippen LogP) is 3.11. The summed E-state index contributed by atoms with van der Waals surface area (Å²) in [7, 11) is 2.00. The van der Waals surface area contributed by atoms with Crippen molar-refractivity contribution in [1.29, 1.82) is 0 Å². The highest BCUT2D eigenvalue weighted by Gasteiger charge is 2.28. The molecule has 0 N–H and O–H groups in total. The van der Waals surface area contributed by atoms with Crippen LogP contribution >= 0.6 is 0 Å². The van der Waals surface area contributed by atoms with Gasteiger partial charge in [-0.3, -0.25) is 0 Å². The van der Waals surface area contributed by atoms with Crippen LogP contribution < -0.4 is 0 Å². The zero-order chi connectivity index (χ0) is 12.0. The molecule has 0 atom stereocenters. The molecule has 1 aliphatic carbocycles. The lowest BCUT2D eigenvalue weighted by atomic mass is 9.97. The van der Waals surface area contributed by atoms with Crippen molar-refractivity contribution in [3.8, 4) is 0 Å². The second-order valence-corrected chi connectivity index (χ2v) is 5.18. The normalized spacial score (nSPS) is 15.7. The van der Waals surface area contributed by atoms with E-state index in [0.29, 0.717) is 0 Å². The van der Waals surface area contributed by atoms with E-state index in [1.165, 1.54) is 41.5 Å². The molecule has 2 aromatic rings. The van der Waals surface area contributed by atoms with Crippen LogP contribution in [0.3, 0.4) is 0 Å². The second kappa shape index (κ2) is 3.83. The number of rotatable bonds is 3. The third-order valence-electron chi connectivity index (χ3n) is 3.80. The Hall–Kier alpha value is -1.38. The molecule has 1 saturated carbocycles. The van der Waals surface area contributed by atoms with Crippen LogP contribution in [0, 0.1) is 6.92 Å². The van der Waals surface area contributed by atoms with Crippen molar-refractivity contribution in [3.05, 3.63) is 22.8 Å². The second-order valence-electron chi connectivity index (χ2n) is 5.18. The van der Waals surface area contributed by atoms with Crippen LogP contribution in [0.4, 0.5) is 0 Å². The van der Waals surface area contributed by atoms with Crippen molar-refractivity contribution in [2.24, 2.45) is 7.05 Å². The molecule has 3 rings (SSSR count). The Kier molecular flexibility index (Phi) is 2.42. The van der Waals surface area contributed by atoms with Gasteiger partial charge >= 0.3 is 0 Å². The first-order chi connectivity index (χ1) is 8.22. The molecular formula is C14H19N3. The van der Waals surface area contributed by atoms with Gasteiger partial charge in [0.15, 0.2) is 0 Å². The molecule has 3 nitrogen and oxygen atoms in total. The minimum absolute atomic E-state index is 0.755. The number of hydrogen-bond donors (Lipinski definition) is 0. The summed E-state index contributed by atoms with van der Waals surface area (Å²) in [5.74, 6) is 0.755. The summed E-state index contributed by atoms with van der Waals surface area (Å²) in [6.07, 6.45) is 5.00. The third kappa shape index (κ3) is 1.65. The largest absolute Gasteiger partial charge is 0.247 e. The maximum atomic E-state index is 4.34. The van der Waals surface area contributed by atoms with Crippen LogP contribution in [0.1, 0.15) is 48.8 Å². The zero-order valence-corrected chi connectivity index (χ0v) is 10.8. The van der Waals surface area contributed by atoms with Gasteiger partial charge in [0.05, 0.1) is 5.52 Å². The first-order valence-corrected chi connectivity index (χ1v) is 6.54. The fourth-order valence-electron chi connectivity index (χ4n) is 2.68. The van der Waals surface area contributed by atoms with E-state index in [0.717, 1.165) is 17.9 Å². The summed E-state index contributed by atoms with van der Waals surface area (Å²) in [4.78, 5) is 0. The van der Waals surface area contributed by atoms with E-state index >= 15 is 0 Å². The summed E-state index contributed by atoms with van der Waals surface area (Å²) in [5.41, 5.74) is 6.62. The van der Waals surface area contributed by atoms with Crippen LogP contribution in [0.5, 0.6) is 0 Å². The molecule has 0 amide bonds. The molecule has 1 fully saturated rings. The van der Waals surface area contributed by atoms with Gasteiger partial charge < -0.3 is 0 Å². The van der Waals surface area contributed by atoms with E-state index in [2.05, 4.69) is 30.2 Å². The van der Waals surface area contributed by atoms with Crippen LogP contribution in [0.2, 0.25) is 0 Å². The molecule has 17 heavy (non-hydrogen) atoms. The Bertz CT molecular complexity index is 564. The average Bonchev–Trinajstić information content (AvgIpc) is 3.07. The Labute approximate surface area is 102 Å². The van der Waals surface area contributed by atoms with E-state index in [-0.39, 0.29) is 0 Å².